The fourth-order valence-electron chi connectivity index (χ4n) is 3.39. The van der Waals surface area contributed by atoms with E-state index in [1.807, 2.05) is 36.9 Å². The molecule has 1 fully saturated rings. The lowest BCUT2D eigenvalue weighted by molar-refractivity contribution is 0.757. The molecule has 3 nitrogen and oxygen atoms in total. The largest absolute Gasteiger partial charge is 0.332 e. The maximum atomic E-state index is 4.31. The molecule has 0 radical (unpaired) electrons. The minimum atomic E-state index is 0.218. The van der Waals surface area contributed by atoms with Gasteiger partial charge in [0.2, 0.25) is 0 Å². The highest BCUT2D eigenvalue weighted by atomic mass is 15.2. The molecule has 3 aromatic rings. The second-order valence-corrected chi connectivity index (χ2v) is 6.37. The van der Waals surface area contributed by atoms with Gasteiger partial charge in [-0.3, -0.25) is 9.97 Å². The molecule has 1 saturated carbocycles. The smallest absolute Gasteiger partial charge is 0.0603 e. The van der Waals surface area contributed by atoms with Crippen molar-refractivity contribution in [3.05, 3.63) is 84.4 Å². The minimum Gasteiger partial charge on any atom is -0.332 e. The molecule has 0 bridgehead atoms. The Morgan fingerprint density at radius 3 is 2.04 bits per heavy atom. The molecule has 2 aromatic heterocycles. The van der Waals surface area contributed by atoms with Gasteiger partial charge in [-0.05, 0) is 61.1 Å². The first-order chi connectivity index (χ1) is 11.8. The van der Waals surface area contributed by atoms with Crippen LogP contribution in [0, 0.1) is 0 Å². The fraction of sp³-hybridized carbons (Fsp3) is 0.238. The molecule has 1 unspecified atom stereocenters. The summed E-state index contributed by atoms with van der Waals surface area (Å²) in [7, 11) is 0. The molecule has 1 atom stereocenters. The van der Waals surface area contributed by atoms with Gasteiger partial charge in [0.05, 0.1) is 29.8 Å². The van der Waals surface area contributed by atoms with Crippen LogP contribution in [0.3, 0.4) is 0 Å². The van der Waals surface area contributed by atoms with E-state index in [0.29, 0.717) is 0 Å². The normalized spacial score (nSPS) is 15.0. The fourth-order valence-corrected chi connectivity index (χ4v) is 3.39. The second-order valence-electron chi connectivity index (χ2n) is 6.37. The highest BCUT2D eigenvalue weighted by Crippen LogP contribution is 2.45. The Balaban J connectivity index is 1.79. The van der Waals surface area contributed by atoms with Crippen molar-refractivity contribution < 1.29 is 0 Å². The zero-order valence-corrected chi connectivity index (χ0v) is 13.8. The van der Waals surface area contributed by atoms with Crippen LogP contribution in [0.4, 0.5) is 11.4 Å². The van der Waals surface area contributed by atoms with E-state index in [0.717, 1.165) is 17.3 Å². The summed E-state index contributed by atoms with van der Waals surface area (Å²) >= 11 is 0. The molecular formula is C21H21N3. The van der Waals surface area contributed by atoms with Crippen LogP contribution >= 0.6 is 0 Å². The molecule has 0 saturated heterocycles. The summed E-state index contributed by atoms with van der Waals surface area (Å²) in [5, 5.41) is 0. The molecule has 120 valence electrons. The van der Waals surface area contributed by atoms with Gasteiger partial charge in [-0.2, -0.15) is 0 Å². The van der Waals surface area contributed by atoms with Crippen molar-refractivity contribution in [2.45, 2.75) is 31.7 Å². The monoisotopic (exact) mass is 315 g/mol. The molecule has 1 aliphatic carbocycles. The Morgan fingerprint density at radius 1 is 0.875 bits per heavy atom. The van der Waals surface area contributed by atoms with Crippen LogP contribution < -0.4 is 4.90 Å². The van der Waals surface area contributed by atoms with Crippen molar-refractivity contribution in [1.82, 2.24) is 9.97 Å². The van der Waals surface area contributed by atoms with Gasteiger partial charge in [-0.25, -0.2) is 0 Å². The van der Waals surface area contributed by atoms with E-state index in [-0.39, 0.29) is 6.04 Å². The van der Waals surface area contributed by atoms with Gasteiger partial charge in [0, 0.05) is 12.4 Å². The average molecular weight is 315 g/mol. The van der Waals surface area contributed by atoms with Crippen molar-refractivity contribution in [3.8, 4) is 0 Å². The van der Waals surface area contributed by atoms with Crippen molar-refractivity contribution in [2.75, 3.05) is 4.90 Å². The van der Waals surface area contributed by atoms with Crippen molar-refractivity contribution in [1.29, 1.82) is 0 Å². The van der Waals surface area contributed by atoms with Gasteiger partial charge in [-0.1, -0.05) is 24.3 Å². The molecule has 2 heterocycles. The van der Waals surface area contributed by atoms with Crippen LogP contribution in [0.15, 0.2) is 73.3 Å². The van der Waals surface area contributed by atoms with E-state index >= 15 is 0 Å². The summed E-state index contributed by atoms with van der Waals surface area (Å²) < 4.78 is 0. The first-order valence-electron chi connectivity index (χ1n) is 8.52. The van der Waals surface area contributed by atoms with Crippen LogP contribution in [0.5, 0.6) is 0 Å². The Bertz CT molecular complexity index is 758. The van der Waals surface area contributed by atoms with Crippen LogP contribution in [0.25, 0.3) is 0 Å². The number of nitrogens with zero attached hydrogens (tertiary/aromatic N) is 3. The SMILES string of the molecule is CC(c1ccccc1C1CC1)N(c1cccnc1)c1cccnc1. The molecule has 24 heavy (non-hydrogen) atoms. The highest BCUT2D eigenvalue weighted by molar-refractivity contribution is 5.63. The third-order valence-corrected chi connectivity index (χ3v) is 4.70. The lowest BCUT2D eigenvalue weighted by Gasteiger charge is -2.32. The second kappa shape index (κ2) is 6.44. The topological polar surface area (TPSA) is 29.0 Å². The maximum absolute atomic E-state index is 4.31. The molecule has 4 rings (SSSR count). The number of hydrogen-bond acceptors (Lipinski definition) is 3. The number of anilines is 2. The lowest BCUT2D eigenvalue weighted by atomic mass is 9.96. The van der Waals surface area contributed by atoms with E-state index in [9.17, 15) is 0 Å². The van der Waals surface area contributed by atoms with Crippen molar-refractivity contribution >= 4 is 11.4 Å². The quantitative estimate of drug-likeness (QED) is 0.643. The van der Waals surface area contributed by atoms with Crippen LogP contribution in [0.2, 0.25) is 0 Å². The number of benzene rings is 1. The van der Waals surface area contributed by atoms with E-state index < -0.39 is 0 Å². The van der Waals surface area contributed by atoms with Crippen LogP contribution in [-0.4, -0.2) is 9.97 Å². The Labute approximate surface area is 143 Å². The van der Waals surface area contributed by atoms with Crippen LogP contribution in [-0.2, 0) is 0 Å². The lowest BCUT2D eigenvalue weighted by Crippen LogP contribution is -2.22. The first-order valence-corrected chi connectivity index (χ1v) is 8.52. The van der Waals surface area contributed by atoms with Gasteiger partial charge in [0.15, 0.2) is 0 Å². The summed E-state index contributed by atoms with van der Waals surface area (Å²) in [6.45, 7) is 2.27. The van der Waals surface area contributed by atoms with Gasteiger partial charge < -0.3 is 4.90 Å². The van der Waals surface area contributed by atoms with Crippen molar-refractivity contribution in [3.63, 3.8) is 0 Å². The number of pyridine rings is 2. The number of hydrogen-bond donors (Lipinski definition) is 0. The number of rotatable bonds is 5. The molecule has 1 aliphatic rings. The summed E-state index contributed by atoms with van der Waals surface area (Å²) in [6.07, 6.45) is 10.1. The molecule has 1 aromatic carbocycles. The molecule has 0 amide bonds. The zero-order chi connectivity index (χ0) is 16.4. The van der Waals surface area contributed by atoms with Gasteiger partial charge in [-0.15, -0.1) is 0 Å². The third kappa shape index (κ3) is 2.90. The predicted octanol–water partition coefficient (Wildman–Crippen LogP) is 5.25. The Morgan fingerprint density at radius 2 is 1.50 bits per heavy atom. The van der Waals surface area contributed by atoms with Crippen molar-refractivity contribution in [2.24, 2.45) is 0 Å². The summed E-state index contributed by atoms with van der Waals surface area (Å²) in [4.78, 5) is 11.0. The van der Waals surface area contributed by atoms with E-state index in [2.05, 4.69) is 58.2 Å². The third-order valence-electron chi connectivity index (χ3n) is 4.70. The van der Waals surface area contributed by atoms with E-state index in [1.54, 1.807) is 0 Å². The molecule has 0 aliphatic heterocycles. The maximum Gasteiger partial charge on any atom is 0.0603 e. The Hall–Kier alpha value is -2.68. The molecular weight excluding hydrogens is 294 g/mol. The van der Waals surface area contributed by atoms with Crippen LogP contribution in [0.1, 0.15) is 42.9 Å². The van der Waals surface area contributed by atoms with Gasteiger partial charge in [0.25, 0.3) is 0 Å². The summed E-state index contributed by atoms with van der Waals surface area (Å²) in [6, 6.07) is 17.2. The summed E-state index contributed by atoms with van der Waals surface area (Å²) in [5.74, 6) is 0.730. The standard InChI is InChI=1S/C21H21N3/c1-16(20-8-2-3-9-21(20)17-10-11-17)24(18-6-4-12-22-14-18)19-7-5-13-23-15-19/h2-9,12-17H,10-11H2,1H3. The van der Waals surface area contributed by atoms with Gasteiger partial charge >= 0.3 is 0 Å². The number of aromatic nitrogens is 2. The zero-order valence-electron chi connectivity index (χ0n) is 13.8. The van der Waals surface area contributed by atoms with Gasteiger partial charge in [0.1, 0.15) is 0 Å². The summed E-state index contributed by atoms with van der Waals surface area (Å²) in [5.41, 5.74) is 5.06. The predicted molar refractivity (Wildman–Crippen MR) is 97.4 cm³/mol. The molecule has 0 N–H and O–H groups in total. The average Bonchev–Trinajstić information content (AvgIpc) is 3.49. The highest BCUT2D eigenvalue weighted by Gasteiger charge is 2.29. The first kappa shape index (κ1) is 14.9. The van der Waals surface area contributed by atoms with E-state index in [4.69, 9.17) is 0 Å². The minimum absolute atomic E-state index is 0.218. The van der Waals surface area contributed by atoms with E-state index in [1.165, 1.54) is 24.0 Å². The molecule has 3 heteroatoms. The molecule has 0 spiro atoms. The Kier molecular flexibility index (Phi) is 3.99.